The van der Waals surface area contributed by atoms with Gasteiger partial charge in [-0.25, -0.2) is 8.78 Å². The largest absolute Gasteiger partial charge is 0.486 e. The summed E-state index contributed by atoms with van der Waals surface area (Å²) in [5, 5.41) is 0. The monoisotopic (exact) mass is 359 g/mol. The Hall–Kier alpha value is -2.47. The first kappa shape index (κ1) is 17.0. The van der Waals surface area contributed by atoms with Gasteiger partial charge in [0.05, 0.1) is 13.2 Å². The summed E-state index contributed by atoms with van der Waals surface area (Å²) in [4.78, 5) is 14.1. The maximum atomic E-state index is 14.2. The fourth-order valence-electron chi connectivity index (χ4n) is 3.52. The third kappa shape index (κ3) is 3.05. The minimum atomic E-state index is -0.676. The van der Waals surface area contributed by atoms with E-state index in [4.69, 9.17) is 9.47 Å². The predicted octanol–water partition coefficient (Wildman–Crippen LogP) is 3.90. The number of amides is 1. The van der Waals surface area contributed by atoms with Gasteiger partial charge in [-0.3, -0.25) is 9.69 Å². The van der Waals surface area contributed by atoms with Crippen LogP contribution >= 0.6 is 0 Å². The molecule has 6 heteroatoms. The molecule has 1 saturated heterocycles. The van der Waals surface area contributed by atoms with Gasteiger partial charge in [0.2, 0.25) is 0 Å². The molecule has 0 radical (unpaired) electrons. The van der Waals surface area contributed by atoms with Gasteiger partial charge in [-0.05, 0) is 42.7 Å². The molecule has 0 saturated carbocycles. The fraction of sp³-hybridized carbons (Fsp3) is 0.350. The highest BCUT2D eigenvalue weighted by atomic mass is 19.1. The molecule has 1 fully saturated rings. The Balaban J connectivity index is 1.60. The van der Waals surface area contributed by atoms with Gasteiger partial charge in [-0.1, -0.05) is 12.1 Å². The molecule has 0 spiro atoms. The van der Waals surface area contributed by atoms with Crippen molar-refractivity contribution in [1.29, 1.82) is 0 Å². The number of carbonyl (C=O) groups is 1. The molecule has 2 heterocycles. The Kier molecular flexibility index (Phi) is 4.59. The first-order chi connectivity index (χ1) is 12.6. The van der Waals surface area contributed by atoms with E-state index < -0.39 is 11.6 Å². The smallest absolute Gasteiger partial charge is 0.258 e. The number of benzene rings is 2. The number of rotatable bonds is 2. The number of fused-ring (bicyclic) bond motifs is 1. The highest BCUT2D eigenvalue weighted by molar-refractivity contribution is 6.07. The standard InChI is InChI=1S/C20H19F2NO3/c21-16-7-8-17(22)19-18(16)23(9-11-26-19)20(24)14-5-3-13(4-6-14)15-2-1-10-25-12-15/h3-8,15H,1-2,9-12H2. The maximum Gasteiger partial charge on any atom is 0.258 e. The summed E-state index contributed by atoms with van der Waals surface area (Å²) in [6, 6.07) is 9.31. The van der Waals surface area contributed by atoms with Crippen LogP contribution < -0.4 is 9.64 Å². The van der Waals surface area contributed by atoms with Crippen LogP contribution in [0.25, 0.3) is 0 Å². The zero-order valence-corrected chi connectivity index (χ0v) is 14.2. The van der Waals surface area contributed by atoms with Gasteiger partial charge in [0.1, 0.15) is 12.3 Å². The van der Waals surface area contributed by atoms with Crippen LogP contribution in [-0.4, -0.2) is 32.3 Å². The summed E-state index contributed by atoms with van der Waals surface area (Å²) in [7, 11) is 0. The normalized spacial score (nSPS) is 19.6. The molecule has 2 aromatic rings. The van der Waals surface area contributed by atoms with Gasteiger partial charge in [0.25, 0.3) is 5.91 Å². The number of anilines is 1. The minimum absolute atomic E-state index is 0.122. The average Bonchev–Trinajstić information content (AvgIpc) is 2.71. The highest BCUT2D eigenvalue weighted by Crippen LogP contribution is 2.37. The predicted molar refractivity (Wildman–Crippen MR) is 92.8 cm³/mol. The molecule has 1 unspecified atom stereocenters. The Morgan fingerprint density at radius 1 is 1.04 bits per heavy atom. The Labute approximate surface area is 150 Å². The lowest BCUT2D eigenvalue weighted by Gasteiger charge is -2.30. The first-order valence-electron chi connectivity index (χ1n) is 8.75. The van der Waals surface area contributed by atoms with Crippen molar-refractivity contribution in [1.82, 2.24) is 0 Å². The van der Waals surface area contributed by atoms with Crippen LogP contribution in [0.4, 0.5) is 14.5 Å². The second-order valence-electron chi connectivity index (χ2n) is 6.55. The van der Waals surface area contributed by atoms with E-state index in [0.717, 1.165) is 37.1 Å². The molecule has 2 aliphatic rings. The number of halogens is 2. The molecule has 136 valence electrons. The summed E-state index contributed by atoms with van der Waals surface area (Å²) in [5.41, 5.74) is 1.42. The molecule has 4 nitrogen and oxygen atoms in total. The van der Waals surface area contributed by atoms with Gasteiger partial charge in [0, 0.05) is 18.1 Å². The number of ether oxygens (including phenoxy) is 2. The van der Waals surface area contributed by atoms with Crippen LogP contribution in [-0.2, 0) is 4.74 Å². The van der Waals surface area contributed by atoms with Crippen molar-refractivity contribution in [3.63, 3.8) is 0 Å². The van der Waals surface area contributed by atoms with Crippen molar-refractivity contribution in [2.75, 3.05) is 31.3 Å². The van der Waals surface area contributed by atoms with Gasteiger partial charge in [-0.2, -0.15) is 0 Å². The van der Waals surface area contributed by atoms with Crippen molar-refractivity contribution in [3.8, 4) is 5.75 Å². The van der Waals surface area contributed by atoms with Gasteiger partial charge >= 0.3 is 0 Å². The zero-order chi connectivity index (χ0) is 18.1. The van der Waals surface area contributed by atoms with Crippen molar-refractivity contribution >= 4 is 11.6 Å². The lowest BCUT2D eigenvalue weighted by atomic mass is 9.93. The van der Waals surface area contributed by atoms with E-state index >= 15 is 0 Å². The van der Waals surface area contributed by atoms with Crippen molar-refractivity contribution in [2.24, 2.45) is 0 Å². The molecule has 2 aliphatic heterocycles. The van der Waals surface area contributed by atoms with Crippen LogP contribution in [0, 0.1) is 11.6 Å². The van der Waals surface area contributed by atoms with Crippen LogP contribution in [0.5, 0.6) is 5.75 Å². The molecule has 2 aromatic carbocycles. The van der Waals surface area contributed by atoms with Crippen molar-refractivity contribution < 1.29 is 23.0 Å². The topological polar surface area (TPSA) is 38.8 Å². The van der Waals surface area contributed by atoms with E-state index in [1.54, 1.807) is 12.1 Å². The second-order valence-corrected chi connectivity index (χ2v) is 6.55. The molecule has 0 aromatic heterocycles. The quantitative estimate of drug-likeness (QED) is 0.816. The van der Waals surface area contributed by atoms with E-state index in [9.17, 15) is 13.6 Å². The molecule has 0 aliphatic carbocycles. The van der Waals surface area contributed by atoms with Crippen molar-refractivity contribution in [3.05, 3.63) is 59.2 Å². The second kappa shape index (κ2) is 7.03. The molecular weight excluding hydrogens is 340 g/mol. The Morgan fingerprint density at radius 2 is 1.81 bits per heavy atom. The number of carbonyl (C=O) groups excluding carboxylic acids is 1. The van der Waals surface area contributed by atoms with E-state index in [1.165, 1.54) is 4.90 Å². The molecule has 4 rings (SSSR count). The minimum Gasteiger partial charge on any atom is -0.486 e. The SMILES string of the molecule is O=C(c1ccc(C2CCCOC2)cc1)N1CCOc2c(F)ccc(F)c21. The van der Waals surface area contributed by atoms with Crippen LogP contribution in [0.2, 0.25) is 0 Å². The average molecular weight is 359 g/mol. The molecule has 26 heavy (non-hydrogen) atoms. The van der Waals surface area contributed by atoms with E-state index in [1.807, 2.05) is 12.1 Å². The Bertz CT molecular complexity index is 817. The van der Waals surface area contributed by atoms with Gasteiger partial charge < -0.3 is 9.47 Å². The highest BCUT2D eigenvalue weighted by Gasteiger charge is 2.30. The van der Waals surface area contributed by atoms with Crippen LogP contribution in [0.3, 0.4) is 0 Å². The molecule has 1 atom stereocenters. The van der Waals surface area contributed by atoms with E-state index in [0.29, 0.717) is 18.1 Å². The van der Waals surface area contributed by atoms with Crippen LogP contribution in [0.1, 0.15) is 34.7 Å². The number of hydrogen-bond donors (Lipinski definition) is 0. The summed E-state index contributed by atoms with van der Waals surface area (Å²) in [5.74, 6) is -1.59. The summed E-state index contributed by atoms with van der Waals surface area (Å²) < 4.78 is 38.9. The summed E-state index contributed by atoms with van der Waals surface area (Å²) in [6.45, 7) is 1.78. The van der Waals surface area contributed by atoms with E-state index in [-0.39, 0.29) is 30.5 Å². The lowest BCUT2D eigenvalue weighted by Crippen LogP contribution is -2.39. The lowest BCUT2D eigenvalue weighted by molar-refractivity contribution is 0.0804. The summed E-state index contributed by atoms with van der Waals surface area (Å²) in [6.07, 6.45) is 2.09. The third-order valence-electron chi connectivity index (χ3n) is 4.90. The molecule has 0 N–H and O–H groups in total. The van der Waals surface area contributed by atoms with Crippen molar-refractivity contribution in [2.45, 2.75) is 18.8 Å². The van der Waals surface area contributed by atoms with Crippen LogP contribution in [0.15, 0.2) is 36.4 Å². The van der Waals surface area contributed by atoms with Gasteiger partial charge in [-0.15, -0.1) is 0 Å². The maximum absolute atomic E-state index is 14.2. The van der Waals surface area contributed by atoms with E-state index in [2.05, 4.69) is 0 Å². The first-order valence-corrected chi connectivity index (χ1v) is 8.75. The molecule has 1 amide bonds. The fourth-order valence-corrected chi connectivity index (χ4v) is 3.52. The number of nitrogens with zero attached hydrogens (tertiary/aromatic N) is 1. The zero-order valence-electron chi connectivity index (χ0n) is 14.2. The summed E-state index contributed by atoms with van der Waals surface area (Å²) >= 11 is 0. The number of hydrogen-bond acceptors (Lipinski definition) is 3. The Morgan fingerprint density at radius 3 is 2.54 bits per heavy atom. The molecule has 0 bridgehead atoms. The van der Waals surface area contributed by atoms with Gasteiger partial charge in [0.15, 0.2) is 17.4 Å². The third-order valence-corrected chi connectivity index (χ3v) is 4.90. The molecular formula is C20H19F2NO3.